The first kappa shape index (κ1) is 14.4. The quantitative estimate of drug-likeness (QED) is 0.810. The molecule has 0 aliphatic carbocycles. The molecule has 7 heteroatoms. The number of aromatic nitrogens is 1. The number of nitrogens with zero attached hydrogens (tertiary/aromatic N) is 1. The number of hydrogen-bond donors (Lipinski definition) is 3. The Labute approximate surface area is 119 Å². The number of aryl methyl sites for hydroxylation is 1. The van der Waals surface area contributed by atoms with Gasteiger partial charge in [-0.3, -0.25) is 4.98 Å². The normalized spacial score (nSPS) is 10.0. The number of carbonyl (C=O) groups excluding carboxylic acids is 1. The molecule has 3 N–H and O–H groups in total. The Hall–Kier alpha value is -2.96. The molecular weight excluding hydrogens is 277 g/mol. The lowest BCUT2D eigenvalue weighted by Crippen LogP contribution is -2.21. The fourth-order valence-electron chi connectivity index (χ4n) is 1.63. The van der Waals surface area contributed by atoms with Gasteiger partial charge in [-0.15, -0.1) is 0 Å². The summed E-state index contributed by atoms with van der Waals surface area (Å²) in [7, 11) is 0. The standard InChI is InChI=1S/C14H12FN3O3/c1-8-2-4-10(7-16-8)17-14(21)18-12-6-9(15)3-5-11(12)13(19)20/h2-7H,1H3,(H,19,20)(H2,17,18,21). The number of benzene rings is 1. The predicted molar refractivity (Wildman–Crippen MR) is 75.0 cm³/mol. The molecule has 0 saturated heterocycles. The molecule has 108 valence electrons. The molecule has 1 aromatic heterocycles. The second kappa shape index (κ2) is 6.00. The van der Waals surface area contributed by atoms with Gasteiger partial charge < -0.3 is 15.7 Å². The molecule has 2 amide bonds. The number of urea groups is 1. The van der Waals surface area contributed by atoms with Crippen molar-refractivity contribution in [3.05, 3.63) is 53.6 Å². The van der Waals surface area contributed by atoms with Crippen LogP contribution in [0.25, 0.3) is 0 Å². The van der Waals surface area contributed by atoms with E-state index in [-0.39, 0.29) is 11.3 Å². The van der Waals surface area contributed by atoms with Gasteiger partial charge in [-0.05, 0) is 37.3 Å². The van der Waals surface area contributed by atoms with Crippen LogP contribution < -0.4 is 10.6 Å². The third kappa shape index (κ3) is 3.75. The topological polar surface area (TPSA) is 91.3 Å². The van der Waals surface area contributed by atoms with Crippen LogP contribution in [0.5, 0.6) is 0 Å². The van der Waals surface area contributed by atoms with Gasteiger partial charge in [0.15, 0.2) is 0 Å². The predicted octanol–water partition coefficient (Wildman–Crippen LogP) is 2.87. The van der Waals surface area contributed by atoms with Gasteiger partial charge >= 0.3 is 12.0 Å². The van der Waals surface area contributed by atoms with Crippen LogP contribution in [0.15, 0.2) is 36.5 Å². The molecule has 2 aromatic rings. The minimum Gasteiger partial charge on any atom is -0.478 e. The lowest BCUT2D eigenvalue weighted by atomic mass is 10.2. The van der Waals surface area contributed by atoms with Crippen LogP contribution in [0, 0.1) is 12.7 Å². The smallest absolute Gasteiger partial charge is 0.337 e. The minimum absolute atomic E-state index is 0.125. The van der Waals surface area contributed by atoms with Gasteiger partial charge in [0.2, 0.25) is 0 Å². The number of halogens is 1. The van der Waals surface area contributed by atoms with E-state index >= 15 is 0 Å². The van der Waals surface area contributed by atoms with Crippen LogP contribution in [-0.4, -0.2) is 22.1 Å². The number of anilines is 2. The molecule has 6 nitrogen and oxygen atoms in total. The third-order valence-electron chi connectivity index (χ3n) is 2.63. The van der Waals surface area contributed by atoms with Crippen molar-refractivity contribution < 1.29 is 19.1 Å². The van der Waals surface area contributed by atoms with Crippen molar-refractivity contribution in [2.24, 2.45) is 0 Å². The maximum Gasteiger partial charge on any atom is 0.337 e. The summed E-state index contributed by atoms with van der Waals surface area (Å²) in [5.74, 6) is -1.91. The van der Waals surface area contributed by atoms with Gasteiger partial charge in [-0.1, -0.05) is 0 Å². The maximum absolute atomic E-state index is 13.2. The third-order valence-corrected chi connectivity index (χ3v) is 2.63. The van der Waals surface area contributed by atoms with Crippen LogP contribution in [0.1, 0.15) is 16.1 Å². The van der Waals surface area contributed by atoms with Gasteiger partial charge in [0, 0.05) is 5.69 Å². The van der Waals surface area contributed by atoms with E-state index in [1.54, 1.807) is 19.1 Å². The Bertz CT molecular complexity index is 686. The molecule has 1 aromatic carbocycles. The lowest BCUT2D eigenvalue weighted by molar-refractivity contribution is 0.0698. The summed E-state index contributed by atoms with van der Waals surface area (Å²) in [4.78, 5) is 26.8. The Balaban J connectivity index is 2.14. The van der Waals surface area contributed by atoms with E-state index in [9.17, 15) is 14.0 Å². The zero-order valence-electron chi connectivity index (χ0n) is 11.1. The Morgan fingerprint density at radius 1 is 1.19 bits per heavy atom. The van der Waals surface area contributed by atoms with Crippen LogP contribution in [0.3, 0.4) is 0 Å². The fraction of sp³-hybridized carbons (Fsp3) is 0.0714. The van der Waals surface area contributed by atoms with E-state index in [0.29, 0.717) is 5.69 Å². The van der Waals surface area contributed by atoms with E-state index in [1.807, 2.05) is 0 Å². The van der Waals surface area contributed by atoms with Crippen molar-refractivity contribution in [3.63, 3.8) is 0 Å². The summed E-state index contributed by atoms with van der Waals surface area (Å²) >= 11 is 0. The zero-order chi connectivity index (χ0) is 15.4. The monoisotopic (exact) mass is 289 g/mol. The summed E-state index contributed by atoms with van der Waals surface area (Å²) in [6.07, 6.45) is 1.46. The van der Waals surface area contributed by atoms with E-state index in [0.717, 1.165) is 23.9 Å². The highest BCUT2D eigenvalue weighted by Gasteiger charge is 2.13. The van der Waals surface area contributed by atoms with Crippen LogP contribution in [0.4, 0.5) is 20.6 Å². The van der Waals surface area contributed by atoms with Crippen LogP contribution in [-0.2, 0) is 0 Å². The zero-order valence-corrected chi connectivity index (χ0v) is 11.1. The fourth-order valence-corrected chi connectivity index (χ4v) is 1.63. The molecule has 1 heterocycles. The van der Waals surface area contributed by atoms with Crippen LogP contribution in [0.2, 0.25) is 0 Å². The number of carboxylic acid groups (broad SMARTS) is 1. The number of rotatable bonds is 3. The highest BCUT2D eigenvalue weighted by Crippen LogP contribution is 2.18. The first-order chi connectivity index (χ1) is 9.95. The average molecular weight is 289 g/mol. The lowest BCUT2D eigenvalue weighted by Gasteiger charge is -2.10. The molecule has 0 aliphatic rings. The van der Waals surface area contributed by atoms with Gasteiger partial charge in [0.05, 0.1) is 23.1 Å². The van der Waals surface area contributed by atoms with E-state index in [2.05, 4.69) is 15.6 Å². The van der Waals surface area contributed by atoms with Crippen molar-refractivity contribution in [1.82, 2.24) is 4.98 Å². The molecule has 0 radical (unpaired) electrons. The molecule has 0 atom stereocenters. The number of aromatic carboxylic acids is 1. The molecule has 0 spiro atoms. The minimum atomic E-state index is -1.26. The number of carboxylic acids is 1. The van der Waals surface area contributed by atoms with Gasteiger partial charge in [0.25, 0.3) is 0 Å². The van der Waals surface area contributed by atoms with Gasteiger partial charge in [0.1, 0.15) is 5.82 Å². The summed E-state index contributed by atoms with van der Waals surface area (Å²) in [5.41, 5.74) is 0.902. The Kier molecular flexibility index (Phi) is 4.13. The number of hydrogen-bond acceptors (Lipinski definition) is 3. The largest absolute Gasteiger partial charge is 0.478 e. The Morgan fingerprint density at radius 3 is 2.57 bits per heavy atom. The van der Waals surface area contributed by atoms with E-state index in [4.69, 9.17) is 5.11 Å². The first-order valence-electron chi connectivity index (χ1n) is 5.99. The van der Waals surface area contributed by atoms with Gasteiger partial charge in [-0.25, -0.2) is 14.0 Å². The second-order valence-corrected chi connectivity index (χ2v) is 4.26. The molecule has 0 unspecified atom stereocenters. The Morgan fingerprint density at radius 2 is 1.95 bits per heavy atom. The number of nitrogens with one attached hydrogen (secondary N) is 2. The van der Waals surface area contributed by atoms with Crippen LogP contribution >= 0.6 is 0 Å². The first-order valence-corrected chi connectivity index (χ1v) is 5.99. The summed E-state index contributed by atoms with van der Waals surface area (Å²) in [5, 5.41) is 13.8. The molecule has 0 bridgehead atoms. The average Bonchev–Trinajstić information content (AvgIpc) is 2.41. The van der Waals surface area contributed by atoms with E-state index in [1.165, 1.54) is 6.20 Å². The van der Waals surface area contributed by atoms with Crippen molar-refractivity contribution in [3.8, 4) is 0 Å². The number of amides is 2. The molecule has 21 heavy (non-hydrogen) atoms. The summed E-state index contributed by atoms with van der Waals surface area (Å²) in [6, 6.07) is 5.70. The summed E-state index contributed by atoms with van der Waals surface area (Å²) in [6.45, 7) is 1.80. The van der Waals surface area contributed by atoms with Crippen molar-refractivity contribution in [2.75, 3.05) is 10.6 Å². The molecule has 0 fully saturated rings. The molecule has 0 saturated carbocycles. The van der Waals surface area contributed by atoms with Crippen molar-refractivity contribution in [1.29, 1.82) is 0 Å². The molecule has 0 aliphatic heterocycles. The van der Waals surface area contributed by atoms with Crippen molar-refractivity contribution in [2.45, 2.75) is 6.92 Å². The summed E-state index contributed by atoms with van der Waals surface area (Å²) < 4.78 is 13.2. The van der Waals surface area contributed by atoms with Crippen molar-refractivity contribution >= 4 is 23.4 Å². The highest BCUT2D eigenvalue weighted by atomic mass is 19.1. The van der Waals surface area contributed by atoms with Gasteiger partial charge in [-0.2, -0.15) is 0 Å². The highest BCUT2D eigenvalue weighted by molar-refractivity contribution is 6.04. The molecule has 2 rings (SSSR count). The second-order valence-electron chi connectivity index (χ2n) is 4.26. The number of pyridine rings is 1. The number of carbonyl (C=O) groups is 2. The SMILES string of the molecule is Cc1ccc(NC(=O)Nc2cc(F)ccc2C(=O)O)cn1. The van der Waals surface area contributed by atoms with E-state index < -0.39 is 17.8 Å². The maximum atomic E-state index is 13.2. The molecular formula is C14H12FN3O3.